The number of nitrogens with zero attached hydrogens (tertiary/aromatic N) is 2. The van der Waals surface area contributed by atoms with Gasteiger partial charge in [-0.1, -0.05) is 17.7 Å². The normalized spacial score (nSPS) is 16.5. The standard InChI is InChI=1S/C23H24ClFN2O5/c24-16-11-13(4-5-17(16)25)12-27-8-6-14-18-15(20(29)21(30)19(14)23(27)32)3-1-2-7-26(9-10-28)22(18)31/h4-5,11,28-30H,1-3,6-10,12H2. The minimum absolute atomic E-state index is 0.0520. The van der Waals surface area contributed by atoms with Crippen molar-refractivity contribution < 1.29 is 29.3 Å². The molecule has 2 amide bonds. The number of fused-ring (bicyclic) bond motifs is 3. The van der Waals surface area contributed by atoms with Crippen LogP contribution in [0.2, 0.25) is 5.02 Å². The third kappa shape index (κ3) is 3.89. The molecule has 0 aromatic heterocycles. The molecule has 0 atom stereocenters. The number of carbonyl (C=O) groups is 2. The number of hydrogen-bond donors (Lipinski definition) is 3. The second-order valence-electron chi connectivity index (χ2n) is 8.10. The molecule has 0 spiro atoms. The number of benzene rings is 2. The number of carbonyl (C=O) groups excluding carboxylic acids is 2. The Kier molecular flexibility index (Phi) is 6.26. The summed E-state index contributed by atoms with van der Waals surface area (Å²) in [6, 6.07) is 4.19. The molecule has 32 heavy (non-hydrogen) atoms. The zero-order valence-electron chi connectivity index (χ0n) is 17.4. The summed E-state index contributed by atoms with van der Waals surface area (Å²) in [4.78, 5) is 29.6. The van der Waals surface area contributed by atoms with Crippen molar-refractivity contribution in [2.24, 2.45) is 0 Å². The molecule has 170 valence electrons. The summed E-state index contributed by atoms with van der Waals surface area (Å²) in [5, 5.41) is 30.7. The van der Waals surface area contributed by atoms with Crippen LogP contribution in [0.3, 0.4) is 0 Å². The van der Waals surface area contributed by atoms with Gasteiger partial charge in [0.2, 0.25) is 0 Å². The van der Waals surface area contributed by atoms with Gasteiger partial charge >= 0.3 is 0 Å². The van der Waals surface area contributed by atoms with E-state index in [1.807, 2.05) is 0 Å². The summed E-state index contributed by atoms with van der Waals surface area (Å²) in [6.45, 7) is 0.853. The first kappa shape index (κ1) is 22.4. The van der Waals surface area contributed by atoms with E-state index in [-0.39, 0.29) is 48.3 Å². The van der Waals surface area contributed by atoms with Crippen LogP contribution in [0.15, 0.2) is 18.2 Å². The zero-order valence-corrected chi connectivity index (χ0v) is 18.2. The predicted octanol–water partition coefficient (Wildman–Crippen LogP) is 2.86. The number of phenolic OH excluding ortho intramolecular Hbond substituents is 2. The molecule has 0 bridgehead atoms. The van der Waals surface area contributed by atoms with E-state index < -0.39 is 23.2 Å². The average molecular weight is 463 g/mol. The Hall–Kier alpha value is -2.84. The van der Waals surface area contributed by atoms with Crippen LogP contribution in [0, 0.1) is 5.82 Å². The lowest BCUT2D eigenvalue weighted by molar-refractivity contribution is 0.0701. The molecule has 0 saturated heterocycles. The minimum Gasteiger partial charge on any atom is -0.504 e. The van der Waals surface area contributed by atoms with E-state index in [2.05, 4.69) is 0 Å². The van der Waals surface area contributed by atoms with Crippen molar-refractivity contribution >= 4 is 23.4 Å². The maximum atomic E-state index is 13.5. The molecule has 3 N–H and O–H groups in total. The van der Waals surface area contributed by atoms with Crippen LogP contribution in [0.25, 0.3) is 0 Å². The number of phenols is 2. The molecule has 2 aromatic rings. The Morgan fingerprint density at radius 3 is 2.41 bits per heavy atom. The van der Waals surface area contributed by atoms with Gasteiger partial charge in [-0.2, -0.15) is 0 Å². The molecular weight excluding hydrogens is 439 g/mol. The SMILES string of the molecule is O=C1c2c(O)c(O)c3c(c2CCN1Cc1ccc(F)c(Cl)c1)C(=O)N(CCO)CCCC3. The van der Waals surface area contributed by atoms with Crippen LogP contribution in [-0.2, 0) is 19.4 Å². The Bertz CT molecular complexity index is 1090. The van der Waals surface area contributed by atoms with Gasteiger partial charge in [0.25, 0.3) is 11.8 Å². The lowest BCUT2D eigenvalue weighted by Gasteiger charge is -2.33. The van der Waals surface area contributed by atoms with Gasteiger partial charge in [0.1, 0.15) is 5.82 Å². The Labute approximate surface area is 189 Å². The molecule has 2 aliphatic heterocycles. The molecule has 2 aromatic carbocycles. The van der Waals surface area contributed by atoms with Crippen LogP contribution in [-0.4, -0.2) is 63.2 Å². The summed E-state index contributed by atoms with van der Waals surface area (Å²) in [5.74, 6) is -2.40. The number of hydrogen-bond acceptors (Lipinski definition) is 5. The highest BCUT2D eigenvalue weighted by Crippen LogP contribution is 2.43. The van der Waals surface area contributed by atoms with Crippen molar-refractivity contribution in [2.45, 2.75) is 32.2 Å². The highest BCUT2D eigenvalue weighted by Gasteiger charge is 2.37. The van der Waals surface area contributed by atoms with Crippen LogP contribution in [0.5, 0.6) is 11.5 Å². The molecule has 0 fully saturated rings. The molecule has 2 heterocycles. The second kappa shape index (κ2) is 8.96. The van der Waals surface area contributed by atoms with Crippen molar-refractivity contribution in [1.82, 2.24) is 9.80 Å². The van der Waals surface area contributed by atoms with E-state index in [1.54, 1.807) is 0 Å². The van der Waals surface area contributed by atoms with Crippen LogP contribution < -0.4 is 0 Å². The predicted molar refractivity (Wildman–Crippen MR) is 116 cm³/mol. The molecule has 0 aliphatic carbocycles. The number of β-amino-alcohol motifs (C(OH)–C–C–N with tert-alkyl or cyclic N) is 1. The first-order valence-corrected chi connectivity index (χ1v) is 10.9. The fourth-order valence-corrected chi connectivity index (χ4v) is 4.73. The lowest BCUT2D eigenvalue weighted by Crippen LogP contribution is -2.41. The number of aliphatic hydroxyl groups is 1. The van der Waals surface area contributed by atoms with Gasteiger partial charge in [0.15, 0.2) is 11.5 Å². The van der Waals surface area contributed by atoms with Gasteiger partial charge in [-0.05, 0) is 48.9 Å². The van der Waals surface area contributed by atoms with E-state index in [0.717, 1.165) is 0 Å². The summed E-state index contributed by atoms with van der Waals surface area (Å²) in [6.07, 6.45) is 2.12. The smallest absolute Gasteiger partial charge is 0.258 e. The van der Waals surface area contributed by atoms with Gasteiger partial charge in [0, 0.05) is 31.7 Å². The highest BCUT2D eigenvalue weighted by molar-refractivity contribution is 6.30. The van der Waals surface area contributed by atoms with Gasteiger partial charge < -0.3 is 25.1 Å². The van der Waals surface area contributed by atoms with Gasteiger partial charge in [-0.25, -0.2) is 4.39 Å². The summed E-state index contributed by atoms with van der Waals surface area (Å²) in [7, 11) is 0. The van der Waals surface area contributed by atoms with E-state index in [4.69, 9.17) is 11.6 Å². The first-order valence-electron chi connectivity index (χ1n) is 10.6. The summed E-state index contributed by atoms with van der Waals surface area (Å²) >= 11 is 5.85. The molecule has 9 heteroatoms. The number of rotatable bonds is 4. The maximum absolute atomic E-state index is 13.5. The summed E-state index contributed by atoms with van der Waals surface area (Å²) < 4.78 is 13.5. The number of halogens is 2. The monoisotopic (exact) mass is 462 g/mol. The van der Waals surface area contributed by atoms with E-state index in [9.17, 15) is 29.3 Å². The molecule has 7 nitrogen and oxygen atoms in total. The maximum Gasteiger partial charge on any atom is 0.258 e. The fraction of sp³-hybridized carbons (Fsp3) is 0.391. The third-order valence-electron chi connectivity index (χ3n) is 6.12. The Balaban J connectivity index is 1.76. The van der Waals surface area contributed by atoms with Crippen LogP contribution in [0.1, 0.15) is 50.2 Å². The molecule has 0 radical (unpaired) electrons. The molecule has 0 saturated carbocycles. The van der Waals surface area contributed by atoms with Crippen molar-refractivity contribution in [3.8, 4) is 11.5 Å². The molecule has 4 rings (SSSR count). The number of amides is 2. The van der Waals surface area contributed by atoms with Crippen molar-refractivity contribution in [3.63, 3.8) is 0 Å². The molecule has 2 aliphatic rings. The quantitative estimate of drug-likeness (QED) is 0.606. The minimum atomic E-state index is -0.558. The summed E-state index contributed by atoms with van der Waals surface area (Å²) in [5.41, 5.74) is 1.55. The Morgan fingerprint density at radius 2 is 1.69 bits per heavy atom. The zero-order chi connectivity index (χ0) is 23.0. The van der Waals surface area contributed by atoms with Gasteiger partial charge in [0.05, 0.1) is 22.8 Å². The first-order chi connectivity index (χ1) is 15.3. The second-order valence-corrected chi connectivity index (χ2v) is 8.51. The van der Waals surface area contributed by atoms with Crippen molar-refractivity contribution in [2.75, 3.05) is 26.2 Å². The largest absolute Gasteiger partial charge is 0.504 e. The molecule has 0 unspecified atom stereocenters. The van der Waals surface area contributed by atoms with Crippen molar-refractivity contribution in [3.05, 3.63) is 56.9 Å². The van der Waals surface area contributed by atoms with E-state index in [0.29, 0.717) is 48.9 Å². The van der Waals surface area contributed by atoms with Crippen molar-refractivity contribution in [1.29, 1.82) is 0 Å². The van der Waals surface area contributed by atoms with Crippen LogP contribution in [0.4, 0.5) is 4.39 Å². The highest BCUT2D eigenvalue weighted by atomic mass is 35.5. The van der Waals surface area contributed by atoms with E-state index in [1.165, 1.54) is 28.0 Å². The third-order valence-corrected chi connectivity index (χ3v) is 6.41. The van der Waals surface area contributed by atoms with Crippen LogP contribution >= 0.6 is 11.6 Å². The lowest BCUT2D eigenvalue weighted by atomic mass is 9.85. The van der Waals surface area contributed by atoms with E-state index >= 15 is 0 Å². The van der Waals surface area contributed by atoms with Gasteiger partial charge in [-0.15, -0.1) is 0 Å². The number of aromatic hydroxyl groups is 2. The topological polar surface area (TPSA) is 101 Å². The average Bonchev–Trinajstić information content (AvgIpc) is 2.76. The molecular formula is C23H24ClFN2O5. The number of aliphatic hydroxyl groups excluding tert-OH is 1. The Morgan fingerprint density at radius 1 is 0.938 bits per heavy atom. The fourth-order valence-electron chi connectivity index (χ4n) is 4.53. The van der Waals surface area contributed by atoms with Gasteiger partial charge in [-0.3, -0.25) is 9.59 Å².